The first-order valence-electron chi connectivity index (χ1n) is 8.70. The van der Waals surface area contributed by atoms with Crippen LogP contribution in [0, 0.1) is 11.8 Å². The normalized spacial score (nSPS) is 23.8. The third-order valence-corrected chi connectivity index (χ3v) is 6.87. The first-order chi connectivity index (χ1) is 12.3. The van der Waals surface area contributed by atoms with Crippen molar-refractivity contribution in [2.75, 3.05) is 49.8 Å². The van der Waals surface area contributed by atoms with Gasteiger partial charge in [-0.15, -0.1) is 32.6 Å². The zero-order chi connectivity index (χ0) is 19.0. The van der Waals surface area contributed by atoms with E-state index in [4.69, 9.17) is 28.0 Å². The van der Waals surface area contributed by atoms with Gasteiger partial charge >= 0.3 is 8.25 Å². The van der Waals surface area contributed by atoms with E-state index in [9.17, 15) is 4.57 Å². The molecule has 2 heterocycles. The zero-order valence-corrected chi connectivity index (χ0v) is 18.5. The molecule has 0 aromatic carbocycles. The van der Waals surface area contributed by atoms with Crippen LogP contribution >= 0.6 is 31.8 Å². The van der Waals surface area contributed by atoms with Gasteiger partial charge in [-0.05, 0) is 27.7 Å². The Morgan fingerprint density at radius 2 is 1.15 bits per heavy atom. The zero-order valence-electron chi connectivity index (χ0n) is 15.9. The van der Waals surface area contributed by atoms with Gasteiger partial charge in [-0.3, -0.25) is 0 Å². The molecule has 0 aliphatic carbocycles. The summed E-state index contributed by atoms with van der Waals surface area (Å²) >= 11 is 3.13. The summed E-state index contributed by atoms with van der Waals surface area (Å²) in [7, 11) is -2.09. The van der Waals surface area contributed by atoms with Gasteiger partial charge < -0.3 is 18.9 Å². The topological polar surface area (TPSA) is 72.5 Å². The maximum Gasteiger partial charge on any atom is 0.699 e. The molecule has 7 nitrogen and oxygen atoms in total. The third-order valence-electron chi connectivity index (χ3n) is 3.86. The molecule has 152 valence electrons. The van der Waals surface area contributed by atoms with Crippen molar-refractivity contribution in [3.8, 4) is 0 Å². The van der Waals surface area contributed by atoms with E-state index in [-0.39, 0.29) is 0 Å². The van der Waals surface area contributed by atoms with Gasteiger partial charge in [-0.1, -0.05) is 0 Å². The van der Waals surface area contributed by atoms with Crippen LogP contribution in [0.1, 0.15) is 27.7 Å². The highest BCUT2D eigenvalue weighted by atomic mass is 32.2. The van der Waals surface area contributed by atoms with Gasteiger partial charge in [-0.25, -0.2) is 0 Å². The Kier molecular flexibility index (Phi) is 9.60. The summed E-state index contributed by atoms with van der Waals surface area (Å²) in [5, 5.41) is 0. The van der Waals surface area contributed by atoms with Gasteiger partial charge in [0.05, 0.1) is 26.4 Å². The fourth-order valence-corrected chi connectivity index (χ4v) is 4.88. The predicted octanol–water partition coefficient (Wildman–Crippen LogP) is 3.86. The molecule has 0 bridgehead atoms. The molecule has 2 aliphatic rings. The molecular weight excluding hydrogens is 399 g/mol. The standard InChI is InChI=1S/C16H30O7PS2/c1-15(2)18-5-13(6-19-15)9-25-11-22-24(17)23-12-26-10-14-7-20-16(3,4)21-8-14/h13-14H,5-12H2,1-4H3/q+1. The summed E-state index contributed by atoms with van der Waals surface area (Å²) in [5.41, 5.74) is 0. The summed E-state index contributed by atoms with van der Waals surface area (Å²) in [5.74, 6) is 2.03. The Morgan fingerprint density at radius 3 is 1.50 bits per heavy atom. The number of hydrogen-bond acceptors (Lipinski definition) is 9. The van der Waals surface area contributed by atoms with Gasteiger partial charge in [0.25, 0.3) is 0 Å². The number of ether oxygens (including phenoxy) is 4. The minimum Gasteiger partial charge on any atom is -0.350 e. The largest absolute Gasteiger partial charge is 0.699 e. The van der Waals surface area contributed by atoms with Gasteiger partial charge in [0, 0.05) is 27.9 Å². The number of rotatable bonds is 10. The summed E-state index contributed by atoms with van der Waals surface area (Å²) in [6.07, 6.45) is 0. The molecular formula is C16H30O7PS2+. The van der Waals surface area contributed by atoms with Crippen molar-refractivity contribution < 1.29 is 32.6 Å². The highest BCUT2D eigenvalue weighted by Crippen LogP contribution is 2.30. The van der Waals surface area contributed by atoms with Crippen LogP contribution in [0.25, 0.3) is 0 Å². The maximum absolute atomic E-state index is 11.7. The first kappa shape index (κ1) is 22.8. The number of hydrogen-bond donors (Lipinski definition) is 0. The van der Waals surface area contributed by atoms with E-state index in [2.05, 4.69) is 0 Å². The van der Waals surface area contributed by atoms with Crippen LogP contribution in [0.15, 0.2) is 0 Å². The fourth-order valence-electron chi connectivity index (χ4n) is 2.27. The third kappa shape index (κ3) is 9.17. The smallest absolute Gasteiger partial charge is 0.350 e. The van der Waals surface area contributed by atoms with Crippen molar-refractivity contribution in [3.05, 3.63) is 0 Å². The molecule has 2 aliphatic heterocycles. The summed E-state index contributed by atoms with van der Waals surface area (Å²) in [6.45, 7) is 10.3. The lowest BCUT2D eigenvalue weighted by molar-refractivity contribution is -0.259. The highest BCUT2D eigenvalue weighted by Gasteiger charge is 2.30. The van der Waals surface area contributed by atoms with Crippen LogP contribution < -0.4 is 0 Å². The number of thioether (sulfide) groups is 2. The van der Waals surface area contributed by atoms with Gasteiger partial charge in [0.1, 0.15) is 0 Å². The fraction of sp³-hybridized carbons (Fsp3) is 1.00. The molecule has 2 fully saturated rings. The molecule has 0 atom stereocenters. The van der Waals surface area contributed by atoms with Crippen LogP contribution in [0.2, 0.25) is 0 Å². The minimum atomic E-state index is -2.09. The first-order valence-corrected chi connectivity index (χ1v) is 12.1. The molecule has 26 heavy (non-hydrogen) atoms. The molecule has 0 N–H and O–H groups in total. The SMILES string of the molecule is CC1(C)OCC(CSCO[P+](=O)OCSCC2COC(C)(C)OC2)CO1. The van der Waals surface area contributed by atoms with Crippen molar-refractivity contribution in [2.24, 2.45) is 11.8 Å². The molecule has 0 spiro atoms. The molecule has 0 radical (unpaired) electrons. The van der Waals surface area contributed by atoms with Gasteiger partial charge in [0.15, 0.2) is 23.5 Å². The lowest BCUT2D eigenvalue weighted by Gasteiger charge is -2.34. The van der Waals surface area contributed by atoms with E-state index in [1.807, 2.05) is 27.7 Å². The van der Waals surface area contributed by atoms with Crippen LogP contribution in [0.3, 0.4) is 0 Å². The quantitative estimate of drug-likeness (QED) is 0.292. The lowest BCUT2D eigenvalue weighted by Crippen LogP contribution is -2.40. The van der Waals surface area contributed by atoms with Crippen LogP contribution in [0.5, 0.6) is 0 Å². The summed E-state index contributed by atoms with van der Waals surface area (Å²) < 4.78 is 44.5. The minimum absolute atomic E-state index is 0.330. The molecule has 0 aromatic heterocycles. The van der Waals surface area contributed by atoms with Crippen molar-refractivity contribution in [1.82, 2.24) is 0 Å². The average molecular weight is 430 g/mol. The Bertz CT molecular complexity index is 392. The molecule has 2 saturated heterocycles. The van der Waals surface area contributed by atoms with Crippen molar-refractivity contribution in [3.63, 3.8) is 0 Å². The average Bonchev–Trinajstić information content (AvgIpc) is 2.58. The van der Waals surface area contributed by atoms with Crippen molar-refractivity contribution in [1.29, 1.82) is 0 Å². The second-order valence-electron chi connectivity index (χ2n) is 7.23. The summed E-state index contributed by atoms with van der Waals surface area (Å²) in [4.78, 5) is 0. The molecule has 0 saturated carbocycles. The van der Waals surface area contributed by atoms with Crippen molar-refractivity contribution in [2.45, 2.75) is 39.3 Å². The van der Waals surface area contributed by atoms with Gasteiger partial charge in [0.2, 0.25) is 0 Å². The molecule has 2 rings (SSSR count). The molecule has 10 heteroatoms. The molecule has 0 amide bonds. The van der Waals surface area contributed by atoms with Crippen LogP contribution in [-0.4, -0.2) is 61.4 Å². The van der Waals surface area contributed by atoms with Gasteiger partial charge in [-0.2, -0.15) is 0 Å². The van der Waals surface area contributed by atoms with Crippen LogP contribution in [0.4, 0.5) is 0 Å². The molecule has 0 unspecified atom stereocenters. The van der Waals surface area contributed by atoms with Crippen molar-refractivity contribution >= 4 is 31.8 Å². The summed E-state index contributed by atoms with van der Waals surface area (Å²) in [6, 6.07) is 0. The highest BCUT2D eigenvalue weighted by molar-refractivity contribution is 7.99. The van der Waals surface area contributed by atoms with Crippen LogP contribution in [-0.2, 0) is 32.6 Å². The maximum atomic E-state index is 11.7. The van der Waals surface area contributed by atoms with E-state index >= 15 is 0 Å². The predicted molar refractivity (Wildman–Crippen MR) is 103 cm³/mol. The Balaban J connectivity index is 1.42. The molecule has 0 aromatic rings. The Hall–Kier alpha value is 0.560. The van der Waals surface area contributed by atoms with E-state index in [1.54, 1.807) is 23.5 Å². The van der Waals surface area contributed by atoms with E-state index in [0.29, 0.717) is 50.1 Å². The second kappa shape index (κ2) is 10.9. The Labute approximate surface area is 165 Å². The monoisotopic (exact) mass is 429 g/mol. The van der Waals surface area contributed by atoms with E-state index in [0.717, 1.165) is 11.5 Å². The Morgan fingerprint density at radius 1 is 0.808 bits per heavy atom. The second-order valence-corrected chi connectivity index (χ2v) is 10.2. The lowest BCUT2D eigenvalue weighted by atomic mass is 10.2. The van der Waals surface area contributed by atoms with E-state index in [1.165, 1.54) is 0 Å². The van der Waals surface area contributed by atoms with E-state index < -0.39 is 19.8 Å².